The van der Waals surface area contributed by atoms with Crippen LogP contribution in [0.25, 0.3) is 0 Å². The summed E-state index contributed by atoms with van der Waals surface area (Å²) in [5.41, 5.74) is -8.51. The average molecular weight is 546 g/mol. The van der Waals surface area contributed by atoms with Crippen LogP contribution in [0.5, 0.6) is 0 Å². The van der Waals surface area contributed by atoms with E-state index < -0.39 is 63.7 Å². The molecule has 0 saturated heterocycles. The third-order valence-corrected chi connectivity index (χ3v) is 6.98. The van der Waals surface area contributed by atoms with E-state index in [-0.39, 0.29) is 16.8 Å². The molecule has 0 fully saturated rings. The highest BCUT2D eigenvalue weighted by Gasteiger charge is 2.73. The molecule has 0 spiro atoms. The van der Waals surface area contributed by atoms with Crippen molar-refractivity contribution in [3.05, 3.63) is 99.6 Å². The Hall–Kier alpha value is -4.48. The maximum absolute atomic E-state index is 14.7. The summed E-state index contributed by atoms with van der Waals surface area (Å²) in [7, 11) is 1.05. The highest BCUT2D eigenvalue weighted by atomic mass is 19.4. The lowest BCUT2D eigenvalue weighted by molar-refractivity contribution is -0.288. The average Bonchev–Trinajstić information content (AvgIpc) is 3.23. The van der Waals surface area contributed by atoms with Gasteiger partial charge in [-0.2, -0.15) is 26.3 Å². The molecule has 2 heterocycles. The molecule has 0 radical (unpaired) electrons. The van der Waals surface area contributed by atoms with Gasteiger partial charge in [-0.1, -0.05) is 29.8 Å². The van der Waals surface area contributed by atoms with Gasteiger partial charge in [0, 0.05) is 7.05 Å². The van der Waals surface area contributed by atoms with E-state index in [1.165, 1.54) is 12.1 Å². The van der Waals surface area contributed by atoms with Crippen molar-refractivity contribution >= 4 is 29.3 Å². The fourth-order valence-corrected chi connectivity index (χ4v) is 4.98. The van der Waals surface area contributed by atoms with Gasteiger partial charge in [-0.25, -0.2) is 4.90 Å². The molecule has 200 valence electrons. The standard InChI is InChI=1S/C27H16F6N2O4/c1-13-3-7-16(8-4-13)35-23(38)18-10-6-15(12-20(18)24(35)39)25(26(28,29)30,27(31,32)33)14-5-9-17-19(11-14)22(37)34(2)21(17)36/h3-12H,1-2H3. The highest BCUT2D eigenvalue weighted by molar-refractivity contribution is 6.34. The summed E-state index contributed by atoms with van der Waals surface area (Å²) in [6.07, 6.45) is -12.0. The third-order valence-electron chi connectivity index (χ3n) is 6.98. The first-order chi connectivity index (χ1) is 18.1. The lowest BCUT2D eigenvalue weighted by atomic mass is 9.71. The van der Waals surface area contributed by atoms with Gasteiger partial charge in [-0.15, -0.1) is 0 Å². The molecule has 4 amide bonds. The Morgan fingerprint density at radius 2 is 0.974 bits per heavy atom. The van der Waals surface area contributed by atoms with Crippen molar-refractivity contribution in [2.75, 3.05) is 11.9 Å². The first-order valence-corrected chi connectivity index (χ1v) is 11.3. The maximum Gasteiger partial charge on any atom is 0.411 e. The molecule has 3 aromatic carbocycles. The van der Waals surface area contributed by atoms with Crippen LogP contribution < -0.4 is 4.90 Å². The van der Waals surface area contributed by atoms with Crippen molar-refractivity contribution in [3.8, 4) is 0 Å². The monoisotopic (exact) mass is 546 g/mol. The van der Waals surface area contributed by atoms with Crippen molar-refractivity contribution in [1.29, 1.82) is 0 Å². The smallest absolute Gasteiger partial charge is 0.277 e. The second-order valence-corrected chi connectivity index (χ2v) is 9.22. The van der Waals surface area contributed by atoms with Crippen molar-refractivity contribution in [3.63, 3.8) is 0 Å². The van der Waals surface area contributed by atoms with E-state index in [0.29, 0.717) is 34.1 Å². The summed E-state index contributed by atoms with van der Waals surface area (Å²) >= 11 is 0. The minimum atomic E-state index is -6.02. The molecule has 0 atom stereocenters. The molecular weight excluding hydrogens is 530 g/mol. The number of hydrogen-bond acceptors (Lipinski definition) is 4. The Balaban J connectivity index is 1.73. The van der Waals surface area contributed by atoms with E-state index in [2.05, 4.69) is 0 Å². The number of imide groups is 2. The van der Waals surface area contributed by atoms with Gasteiger partial charge in [-0.3, -0.25) is 24.1 Å². The van der Waals surface area contributed by atoms with Gasteiger partial charge in [0.05, 0.1) is 27.9 Å². The van der Waals surface area contributed by atoms with Gasteiger partial charge in [0.15, 0.2) is 0 Å². The summed E-state index contributed by atoms with van der Waals surface area (Å²) in [6, 6.07) is 9.30. The molecule has 5 rings (SSSR count). The van der Waals surface area contributed by atoms with E-state index in [4.69, 9.17) is 0 Å². The highest BCUT2D eigenvalue weighted by Crippen LogP contribution is 2.57. The molecule has 6 nitrogen and oxygen atoms in total. The molecule has 39 heavy (non-hydrogen) atoms. The van der Waals surface area contributed by atoms with Gasteiger partial charge >= 0.3 is 12.4 Å². The summed E-state index contributed by atoms with van der Waals surface area (Å²) in [4.78, 5) is 51.9. The van der Waals surface area contributed by atoms with Crippen LogP contribution in [0.15, 0.2) is 60.7 Å². The number of alkyl halides is 6. The predicted molar refractivity (Wildman–Crippen MR) is 125 cm³/mol. The van der Waals surface area contributed by atoms with Crippen LogP contribution in [-0.2, 0) is 5.41 Å². The van der Waals surface area contributed by atoms with Crippen LogP contribution in [0, 0.1) is 6.92 Å². The zero-order valence-corrected chi connectivity index (χ0v) is 20.1. The molecule has 12 heteroatoms. The number of carbonyl (C=O) groups excluding carboxylic acids is 4. The van der Waals surface area contributed by atoms with E-state index in [9.17, 15) is 45.5 Å². The second-order valence-electron chi connectivity index (χ2n) is 9.22. The first-order valence-electron chi connectivity index (χ1n) is 11.3. The van der Waals surface area contributed by atoms with Crippen LogP contribution in [-0.4, -0.2) is 47.9 Å². The Morgan fingerprint density at radius 1 is 0.564 bits per heavy atom. The van der Waals surface area contributed by atoms with E-state index in [1.807, 2.05) is 0 Å². The van der Waals surface area contributed by atoms with Crippen LogP contribution in [0.3, 0.4) is 0 Å². The van der Waals surface area contributed by atoms with Gasteiger partial charge in [0.2, 0.25) is 5.41 Å². The Bertz CT molecular complexity index is 1580. The first kappa shape index (κ1) is 26.1. The molecule has 0 aliphatic carbocycles. The van der Waals surface area contributed by atoms with Crippen LogP contribution >= 0.6 is 0 Å². The summed E-state index contributed by atoms with van der Waals surface area (Å²) < 4.78 is 88.2. The number of amides is 4. The number of fused-ring (bicyclic) bond motifs is 2. The lowest BCUT2D eigenvalue weighted by Gasteiger charge is -2.38. The number of carbonyl (C=O) groups is 4. The number of aryl methyl sites for hydroxylation is 1. The molecule has 0 saturated carbocycles. The Kier molecular flexibility index (Phi) is 5.53. The summed E-state index contributed by atoms with van der Waals surface area (Å²) in [6.45, 7) is 1.74. The van der Waals surface area contributed by atoms with E-state index in [0.717, 1.165) is 24.7 Å². The molecule has 2 aliphatic rings. The summed E-state index contributed by atoms with van der Waals surface area (Å²) in [5.74, 6) is -3.92. The zero-order valence-electron chi connectivity index (χ0n) is 20.1. The van der Waals surface area contributed by atoms with Crippen molar-refractivity contribution in [1.82, 2.24) is 4.90 Å². The minimum absolute atomic E-state index is 0.0946. The topological polar surface area (TPSA) is 74.8 Å². The predicted octanol–water partition coefficient (Wildman–Crippen LogP) is 5.43. The van der Waals surface area contributed by atoms with Gasteiger partial charge in [0.1, 0.15) is 0 Å². The molecule has 0 unspecified atom stereocenters. The molecule has 0 aromatic heterocycles. The van der Waals surface area contributed by atoms with Crippen molar-refractivity contribution in [2.45, 2.75) is 24.7 Å². The van der Waals surface area contributed by atoms with E-state index in [1.54, 1.807) is 19.1 Å². The minimum Gasteiger partial charge on any atom is -0.277 e. The fraction of sp³-hybridized carbons (Fsp3) is 0.185. The van der Waals surface area contributed by atoms with Crippen molar-refractivity contribution in [2.24, 2.45) is 0 Å². The number of hydrogen-bond donors (Lipinski definition) is 0. The largest absolute Gasteiger partial charge is 0.411 e. The molecule has 3 aromatic rings. The number of anilines is 1. The van der Waals surface area contributed by atoms with Crippen molar-refractivity contribution < 1.29 is 45.5 Å². The number of nitrogens with zero attached hydrogens (tertiary/aromatic N) is 2. The molecule has 0 bridgehead atoms. The fourth-order valence-electron chi connectivity index (χ4n) is 4.98. The van der Waals surface area contributed by atoms with Crippen LogP contribution in [0.1, 0.15) is 58.1 Å². The van der Waals surface area contributed by atoms with Crippen LogP contribution in [0.4, 0.5) is 32.0 Å². The maximum atomic E-state index is 14.7. The van der Waals surface area contributed by atoms with Gasteiger partial charge in [0.25, 0.3) is 23.6 Å². The zero-order chi connectivity index (χ0) is 28.7. The number of benzene rings is 3. The third kappa shape index (κ3) is 3.50. The Morgan fingerprint density at radius 3 is 1.46 bits per heavy atom. The number of halogens is 6. The normalized spacial score (nSPS) is 15.8. The van der Waals surface area contributed by atoms with Gasteiger partial charge < -0.3 is 0 Å². The Labute approximate surface area is 216 Å². The SMILES string of the molecule is Cc1ccc(N2C(=O)c3ccc(C(c4ccc5c(c4)C(=O)N(C)C5=O)(C(F)(F)F)C(F)(F)F)cc3C2=O)cc1. The lowest BCUT2D eigenvalue weighted by Crippen LogP contribution is -2.55. The van der Waals surface area contributed by atoms with E-state index >= 15 is 0 Å². The summed E-state index contributed by atoms with van der Waals surface area (Å²) in [5, 5.41) is 0. The van der Waals surface area contributed by atoms with Gasteiger partial charge in [-0.05, 0) is 54.4 Å². The quantitative estimate of drug-likeness (QED) is 0.324. The second kappa shape index (κ2) is 8.26. The molecule has 2 aliphatic heterocycles. The molecular formula is C27H16F6N2O4. The van der Waals surface area contributed by atoms with Crippen LogP contribution in [0.2, 0.25) is 0 Å². The molecule has 0 N–H and O–H groups in total. The number of rotatable bonds is 3.